The predicted octanol–water partition coefficient (Wildman–Crippen LogP) is -1.05. The van der Waals surface area contributed by atoms with Crippen molar-refractivity contribution < 1.29 is 14.7 Å². The number of hydrogen-bond acceptors (Lipinski definition) is 5. The van der Waals surface area contributed by atoms with E-state index < -0.39 is 17.9 Å². The van der Waals surface area contributed by atoms with Crippen LogP contribution in [0.1, 0.15) is 16.3 Å². The van der Waals surface area contributed by atoms with E-state index in [1.54, 1.807) is 0 Å². The first-order chi connectivity index (χ1) is 8.66. The number of carbonyl (C=O) groups is 2. The minimum Gasteiger partial charge on any atom is -0.480 e. The second-order valence-corrected chi connectivity index (χ2v) is 3.48. The Balaban J connectivity index is 2.03. The smallest absolute Gasteiger partial charge is 0.326 e. The Labute approximate surface area is 101 Å². The number of H-pyrrole nitrogens is 2. The summed E-state index contributed by atoms with van der Waals surface area (Å²) in [5.41, 5.74) is 0.611. The van der Waals surface area contributed by atoms with E-state index in [9.17, 15) is 9.59 Å². The topological polar surface area (TPSA) is 137 Å². The van der Waals surface area contributed by atoms with E-state index in [0.29, 0.717) is 5.69 Å². The molecule has 2 heterocycles. The highest BCUT2D eigenvalue weighted by atomic mass is 16.4. The summed E-state index contributed by atoms with van der Waals surface area (Å²) in [4.78, 5) is 32.8. The van der Waals surface area contributed by atoms with E-state index >= 15 is 0 Å². The molecule has 0 aliphatic heterocycles. The zero-order valence-electron chi connectivity index (χ0n) is 9.12. The van der Waals surface area contributed by atoms with Crippen molar-refractivity contribution in [2.45, 2.75) is 12.5 Å². The van der Waals surface area contributed by atoms with Crippen molar-refractivity contribution >= 4 is 11.9 Å². The first-order valence-corrected chi connectivity index (χ1v) is 5.03. The van der Waals surface area contributed by atoms with Crippen molar-refractivity contribution in [2.75, 3.05) is 0 Å². The zero-order chi connectivity index (χ0) is 13.0. The van der Waals surface area contributed by atoms with Crippen molar-refractivity contribution in [1.82, 2.24) is 30.5 Å². The zero-order valence-corrected chi connectivity index (χ0v) is 9.12. The average Bonchev–Trinajstić information content (AvgIpc) is 3.00. The number of aliphatic carboxylic acids is 1. The lowest BCUT2D eigenvalue weighted by Gasteiger charge is -2.12. The van der Waals surface area contributed by atoms with Crippen LogP contribution < -0.4 is 5.32 Å². The highest BCUT2D eigenvalue weighted by Gasteiger charge is 2.22. The molecule has 9 heteroatoms. The second kappa shape index (κ2) is 5.08. The molecule has 0 aliphatic rings. The number of amides is 1. The largest absolute Gasteiger partial charge is 0.480 e. The number of carboxylic acids is 1. The lowest BCUT2D eigenvalue weighted by Crippen LogP contribution is -2.42. The van der Waals surface area contributed by atoms with Crippen molar-refractivity contribution in [1.29, 1.82) is 0 Å². The van der Waals surface area contributed by atoms with Crippen LogP contribution in [0, 0.1) is 0 Å². The van der Waals surface area contributed by atoms with Crippen LogP contribution in [0.5, 0.6) is 0 Å². The summed E-state index contributed by atoms with van der Waals surface area (Å²) in [5.74, 6) is -1.80. The fourth-order valence-corrected chi connectivity index (χ4v) is 1.36. The summed E-state index contributed by atoms with van der Waals surface area (Å²) < 4.78 is 0. The number of aromatic amines is 2. The molecule has 4 N–H and O–H groups in total. The number of nitrogens with zero attached hydrogens (tertiary/aromatic N) is 3. The number of imidazole rings is 1. The monoisotopic (exact) mass is 250 g/mol. The van der Waals surface area contributed by atoms with E-state index in [4.69, 9.17) is 5.11 Å². The van der Waals surface area contributed by atoms with Gasteiger partial charge in [0.05, 0.1) is 6.33 Å². The quantitative estimate of drug-likeness (QED) is 0.534. The number of carboxylic acid groups (broad SMARTS) is 1. The van der Waals surface area contributed by atoms with Gasteiger partial charge in [-0.05, 0) is 0 Å². The molecule has 0 aliphatic carbocycles. The Morgan fingerprint density at radius 3 is 2.89 bits per heavy atom. The van der Waals surface area contributed by atoms with Gasteiger partial charge in [-0.2, -0.15) is 5.10 Å². The summed E-state index contributed by atoms with van der Waals surface area (Å²) in [7, 11) is 0. The number of hydrogen-bond donors (Lipinski definition) is 4. The molecule has 0 saturated heterocycles. The molecule has 0 saturated carbocycles. The average molecular weight is 250 g/mol. The van der Waals surface area contributed by atoms with Crippen LogP contribution in [0.3, 0.4) is 0 Å². The first kappa shape index (κ1) is 11.8. The van der Waals surface area contributed by atoms with Crippen LogP contribution in [0.25, 0.3) is 0 Å². The minimum atomic E-state index is -1.14. The van der Waals surface area contributed by atoms with Crippen molar-refractivity contribution in [3.63, 3.8) is 0 Å². The summed E-state index contributed by atoms with van der Waals surface area (Å²) in [6.07, 6.45) is 4.21. The number of nitrogens with one attached hydrogen (secondary N) is 3. The van der Waals surface area contributed by atoms with Gasteiger partial charge in [0.25, 0.3) is 5.91 Å². The molecule has 2 aromatic rings. The molecule has 18 heavy (non-hydrogen) atoms. The Bertz CT molecular complexity index is 521. The molecular formula is C9H10N6O3. The maximum Gasteiger partial charge on any atom is 0.326 e. The molecule has 1 amide bonds. The van der Waals surface area contributed by atoms with Gasteiger partial charge in [-0.1, -0.05) is 0 Å². The van der Waals surface area contributed by atoms with Gasteiger partial charge in [-0.3, -0.25) is 9.89 Å². The highest BCUT2D eigenvalue weighted by Crippen LogP contribution is 2.00. The highest BCUT2D eigenvalue weighted by molar-refractivity contribution is 5.93. The number of aromatic nitrogens is 5. The molecule has 0 spiro atoms. The molecule has 0 aromatic carbocycles. The summed E-state index contributed by atoms with van der Waals surface area (Å²) in [6.45, 7) is 0. The van der Waals surface area contributed by atoms with E-state index in [1.165, 1.54) is 18.9 Å². The van der Waals surface area contributed by atoms with Crippen LogP contribution in [-0.4, -0.2) is 48.2 Å². The molecule has 1 unspecified atom stereocenters. The molecule has 94 valence electrons. The molecule has 2 rings (SSSR count). The molecule has 0 fully saturated rings. The Morgan fingerprint density at radius 2 is 2.33 bits per heavy atom. The molecule has 1 atom stereocenters. The minimum absolute atomic E-state index is 0.0362. The Hall–Kier alpha value is -2.71. The van der Waals surface area contributed by atoms with Gasteiger partial charge in [0.1, 0.15) is 12.4 Å². The van der Waals surface area contributed by atoms with Crippen molar-refractivity contribution in [2.24, 2.45) is 0 Å². The van der Waals surface area contributed by atoms with Crippen LogP contribution >= 0.6 is 0 Å². The maximum atomic E-state index is 11.6. The van der Waals surface area contributed by atoms with Gasteiger partial charge < -0.3 is 15.4 Å². The van der Waals surface area contributed by atoms with Gasteiger partial charge >= 0.3 is 5.97 Å². The molecule has 0 bridgehead atoms. The SMILES string of the molecule is O=C(NC(Cc1cnc[nH]1)C(=O)O)c1ncn[nH]1. The van der Waals surface area contributed by atoms with Gasteiger partial charge in [0, 0.05) is 18.3 Å². The lowest BCUT2D eigenvalue weighted by atomic mass is 10.1. The predicted molar refractivity (Wildman–Crippen MR) is 57.6 cm³/mol. The van der Waals surface area contributed by atoms with Crippen molar-refractivity contribution in [3.05, 3.63) is 30.4 Å². The number of rotatable bonds is 5. The Morgan fingerprint density at radius 1 is 1.50 bits per heavy atom. The van der Waals surface area contributed by atoms with E-state index in [-0.39, 0.29) is 12.2 Å². The van der Waals surface area contributed by atoms with E-state index in [2.05, 4.69) is 30.5 Å². The molecule has 0 radical (unpaired) electrons. The third kappa shape index (κ3) is 2.70. The third-order valence-electron chi connectivity index (χ3n) is 2.21. The van der Waals surface area contributed by atoms with Gasteiger partial charge in [0.15, 0.2) is 0 Å². The van der Waals surface area contributed by atoms with Crippen LogP contribution in [0.4, 0.5) is 0 Å². The van der Waals surface area contributed by atoms with Gasteiger partial charge in [-0.25, -0.2) is 14.8 Å². The standard InChI is InChI=1S/C9H10N6O3/c16-8(7-12-4-13-15-7)14-6(9(17)18)1-5-2-10-3-11-5/h2-4,6H,1H2,(H,10,11)(H,14,16)(H,17,18)(H,12,13,15). The third-order valence-corrected chi connectivity index (χ3v) is 2.21. The fraction of sp³-hybridized carbons (Fsp3) is 0.222. The van der Waals surface area contributed by atoms with Crippen LogP contribution in [0.2, 0.25) is 0 Å². The fourth-order valence-electron chi connectivity index (χ4n) is 1.36. The van der Waals surface area contributed by atoms with E-state index in [1.807, 2.05) is 0 Å². The van der Waals surface area contributed by atoms with E-state index in [0.717, 1.165) is 0 Å². The van der Waals surface area contributed by atoms with Gasteiger partial charge in [-0.15, -0.1) is 0 Å². The normalized spacial score (nSPS) is 12.0. The number of carbonyl (C=O) groups excluding carboxylic acids is 1. The summed E-state index contributed by atoms with van der Waals surface area (Å²) >= 11 is 0. The van der Waals surface area contributed by atoms with Crippen LogP contribution in [0.15, 0.2) is 18.9 Å². The maximum absolute atomic E-state index is 11.6. The summed E-state index contributed by atoms with van der Waals surface area (Å²) in [5, 5.41) is 17.2. The van der Waals surface area contributed by atoms with Crippen molar-refractivity contribution in [3.8, 4) is 0 Å². The Kier molecular flexibility index (Phi) is 3.32. The molecular weight excluding hydrogens is 240 g/mol. The molecule has 2 aromatic heterocycles. The lowest BCUT2D eigenvalue weighted by molar-refractivity contribution is -0.139. The summed E-state index contributed by atoms with van der Waals surface area (Å²) in [6, 6.07) is -1.07. The first-order valence-electron chi connectivity index (χ1n) is 5.03. The van der Waals surface area contributed by atoms with Crippen LogP contribution in [-0.2, 0) is 11.2 Å². The second-order valence-electron chi connectivity index (χ2n) is 3.48. The molecule has 9 nitrogen and oxygen atoms in total. The van der Waals surface area contributed by atoms with Gasteiger partial charge in [0.2, 0.25) is 5.82 Å².